The fourth-order valence-electron chi connectivity index (χ4n) is 2.42. The van der Waals surface area contributed by atoms with Gasteiger partial charge < -0.3 is 10.2 Å². The van der Waals surface area contributed by atoms with E-state index in [1.54, 1.807) is 0 Å². The van der Waals surface area contributed by atoms with Crippen molar-refractivity contribution < 1.29 is 0 Å². The molecule has 1 aromatic rings. The first-order valence-corrected chi connectivity index (χ1v) is 7.09. The molecule has 0 aromatic carbocycles. The smallest absolute Gasteiger partial charge is 0.131 e. The standard InChI is InChI=1S/C15H25N3/c1-4-7-18(11-13-5-6-13)15-12(2)8-14(9-16-3)10-17-15/h8,10,13,16H,4-7,9,11H2,1-3H3. The topological polar surface area (TPSA) is 28.2 Å². The van der Waals surface area contributed by atoms with Crippen molar-refractivity contribution in [2.75, 3.05) is 25.0 Å². The molecule has 0 saturated heterocycles. The number of nitrogens with zero attached hydrogens (tertiary/aromatic N) is 2. The van der Waals surface area contributed by atoms with Crippen molar-refractivity contribution in [1.82, 2.24) is 10.3 Å². The summed E-state index contributed by atoms with van der Waals surface area (Å²) in [5, 5.41) is 3.17. The summed E-state index contributed by atoms with van der Waals surface area (Å²) in [4.78, 5) is 7.15. The molecule has 3 nitrogen and oxygen atoms in total. The van der Waals surface area contributed by atoms with Crippen molar-refractivity contribution in [2.45, 2.75) is 39.7 Å². The number of hydrogen-bond donors (Lipinski definition) is 1. The van der Waals surface area contributed by atoms with Crippen LogP contribution in [-0.4, -0.2) is 25.1 Å². The van der Waals surface area contributed by atoms with E-state index in [0.717, 1.165) is 19.0 Å². The van der Waals surface area contributed by atoms with Gasteiger partial charge in [-0.05, 0) is 56.3 Å². The van der Waals surface area contributed by atoms with E-state index in [-0.39, 0.29) is 0 Å². The molecule has 0 amide bonds. The van der Waals surface area contributed by atoms with Gasteiger partial charge in [0.1, 0.15) is 5.82 Å². The lowest BCUT2D eigenvalue weighted by Crippen LogP contribution is -2.28. The number of aromatic nitrogens is 1. The summed E-state index contributed by atoms with van der Waals surface area (Å²) in [5.41, 5.74) is 2.57. The molecule has 1 aliphatic carbocycles. The van der Waals surface area contributed by atoms with Gasteiger partial charge in [0.2, 0.25) is 0 Å². The van der Waals surface area contributed by atoms with Crippen molar-refractivity contribution in [3.05, 3.63) is 23.4 Å². The second-order valence-corrected chi connectivity index (χ2v) is 5.40. The number of hydrogen-bond acceptors (Lipinski definition) is 3. The normalized spacial score (nSPS) is 14.8. The van der Waals surface area contributed by atoms with Crippen molar-refractivity contribution in [3.63, 3.8) is 0 Å². The molecule has 0 aliphatic heterocycles. The zero-order valence-corrected chi connectivity index (χ0v) is 11.9. The fraction of sp³-hybridized carbons (Fsp3) is 0.667. The van der Waals surface area contributed by atoms with Crippen molar-refractivity contribution in [3.8, 4) is 0 Å². The Morgan fingerprint density at radius 3 is 2.78 bits per heavy atom. The fourth-order valence-corrected chi connectivity index (χ4v) is 2.42. The Labute approximate surface area is 111 Å². The molecule has 100 valence electrons. The molecule has 1 aliphatic rings. The third-order valence-corrected chi connectivity index (χ3v) is 3.46. The number of nitrogens with one attached hydrogen (secondary N) is 1. The number of anilines is 1. The summed E-state index contributed by atoms with van der Waals surface area (Å²) in [6.07, 6.45) is 5.99. The molecule has 0 spiro atoms. The van der Waals surface area contributed by atoms with Crippen LogP contribution in [0.2, 0.25) is 0 Å². The number of pyridine rings is 1. The van der Waals surface area contributed by atoms with Gasteiger partial charge in [-0.1, -0.05) is 6.92 Å². The van der Waals surface area contributed by atoms with E-state index >= 15 is 0 Å². The van der Waals surface area contributed by atoms with E-state index in [0.29, 0.717) is 0 Å². The lowest BCUT2D eigenvalue weighted by molar-refractivity contribution is 0.695. The Balaban J connectivity index is 2.12. The summed E-state index contributed by atoms with van der Waals surface area (Å²) in [7, 11) is 1.97. The average molecular weight is 247 g/mol. The van der Waals surface area contributed by atoms with Crippen molar-refractivity contribution >= 4 is 5.82 Å². The minimum absolute atomic E-state index is 0.893. The molecular formula is C15H25N3. The van der Waals surface area contributed by atoms with Crippen LogP contribution in [-0.2, 0) is 6.54 Å². The third-order valence-electron chi connectivity index (χ3n) is 3.46. The zero-order valence-electron chi connectivity index (χ0n) is 11.9. The van der Waals surface area contributed by atoms with E-state index < -0.39 is 0 Å². The lowest BCUT2D eigenvalue weighted by atomic mass is 10.2. The van der Waals surface area contributed by atoms with Crippen LogP contribution >= 0.6 is 0 Å². The van der Waals surface area contributed by atoms with Gasteiger partial charge in [-0.3, -0.25) is 0 Å². The first kappa shape index (κ1) is 13.3. The zero-order chi connectivity index (χ0) is 13.0. The van der Waals surface area contributed by atoms with E-state index in [4.69, 9.17) is 0 Å². The van der Waals surface area contributed by atoms with Crippen LogP contribution in [0.1, 0.15) is 37.3 Å². The Morgan fingerprint density at radius 1 is 1.44 bits per heavy atom. The van der Waals surface area contributed by atoms with E-state index in [9.17, 15) is 0 Å². The maximum Gasteiger partial charge on any atom is 0.131 e. The molecule has 0 unspecified atom stereocenters. The minimum Gasteiger partial charge on any atom is -0.356 e. The highest BCUT2D eigenvalue weighted by Crippen LogP contribution is 2.31. The molecule has 0 atom stereocenters. The lowest BCUT2D eigenvalue weighted by Gasteiger charge is -2.25. The third kappa shape index (κ3) is 3.45. The number of aryl methyl sites for hydroxylation is 1. The van der Waals surface area contributed by atoms with Crippen LogP contribution in [0.3, 0.4) is 0 Å². The Kier molecular flexibility index (Phi) is 4.59. The van der Waals surface area contributed by atoms with Crippen LogP contribution in [0.4, 0.5) is 5.82 Å². The quantitative estimate of drug-likeness (QED) is 0.803. The van der Waals surface area contributed by atoms with Crippen LogP contribution < -0.4 is 10.2 Å². The Bertz CT molecular complexity index is 385. The largest absolute Gasteiger partial charge is 0.356 e. The van der Waals surface area contributed by atoms with Crippen molar-refractivity contribution in [1.29, 1.82) is 0 Å². The molecule has 0 bridgehead atoms. The van der Waals surface area contributed by atoms with Gasteiger partial charge in [0.05, 0.1) is 0 Å². The molecule has 2 rings (SSSR count). The first-order chi connectivity index (χ1) is 8.74. The molecule has 1 heterocycles. The second kappa shape index (κ2) is 6.19. The highest BCUT2D eigenvalue weighted by atomic mass is 15.2. The van der Waals surface area contributed by atoms with Gasteiger partial charge in [0.15, 0.2) is 0 Å². The molecule has 1 aromatic heterocycles. The summed E-state index contributed by atoms with van der Waals surface area (Å²) < 4.78 is 0. The van der Waals surface area contributed by atoms with Gasteiger partial charge in [0, 0.05) is 25.8 Å². The highest BCUT2D eigenvalue weighted by molar-refractivity contribution is 5.47. The monoisotopic (exact) mass is 247 g/mol. The number of rotatable bonds is 7. The second-order valence-electron chi connectivity index (χ2n) is 5.40. The molecule has 1 fully saturated rings. The van der Waals surface area contributed by atoms with Gasteiger partial charge in [-0.25, -0.2) is 4.98 Å². The predicted octanol–water partition coefficient (Wildman–Crippen LogP) is 2.74. The van der Waals surface area contributed by atoms with E-state index in [1.165, 1.54) is 42.8 Å². The molecule has 3 heteroatoms. The molecule has 1 N–H and O–H groups in total. The average Bonchev–Trinajstić information content (AvgIpc) is 3.13. The molecule has 0 radical (unpaired) electrons. The van der Waals surface area contributed by atoms with Gasteiger partial charge in [-0.2, -0.15) is 0 Å². The van der Waals surface area contributed by atoms with E-state index in [2.05, 4.69) is 35.1 Å². The summed E-state index contributed by atoms with van der Waals surface area (Å²) in [6.45, 7) is 7.62. The molecule has 18 heavy (non-hydrogen) atoms. The van der Waals surface area contributed by atoms with Crippen LogP contribution in [0.15, 0.2) is 12.3 Å². The van der Waals surface area contributed by atoms with Gasteiger partial charge in [0.25, 0.3) is 0 Å². The highest BCUT2D eigenvalue weighted by Gasteiger charge is 2.25. The SMILES string of the molecule is CCCN(CC1CC1)c1ncc(CNC)cc1C. The van der Waals surface area contributed by atoms with Crippen LogP contribution in [0.5, 0.6) is 0 Å². The predicted molar refractivity (Wildman–Crippen MR) is 77.0 cm³/mol. The van der Waals surface area contributed by atoms with Crippen LogP contribution in [0, 0.1) is 12.8 Å². The summed E-state index contributed by atoms with van der Waals surface area (Å²) in [6, 6.07) is 2.26. The maximum atomic E-state index is 4.68. The van der Waals surface area contributed by atoms with Crippen molar-refractivity contribution in [2.24, 2.45) is 5.92 Å². The molecule has 1 saturated carbocycles. The van der Waals surface area contributed by atoms with E-state index in [1.807, 2.05) is 13.2 Å². The maximum absolute atomic E-state index is 4.68. The van der Waals surface area contributed by atoms with Gasteiger partial charge in [-0.15, -0.1) is 0 Å². The van der Waals surface area contributed by atoms with Gasteiger partial charge >= 0.3 is 0 Å². The summed E-state index contributed by atoms with van der Waals surface area (Å²) >= 11 is 0. The Morgan fingerprint density at radius 2 is 2.22 bits per heavy atom. The minimum atomic E-state index is 0.893. The Hall–Kier alpha value is -1.09. The summed E-state index contributed by atoms with van der Waals surface area (Å²) in [5.74, 6) is 2.10. The molecular weight excluding hydrogens is 222 g/mol. The van der Waals surface area contributed by atoms with Crippen LogP contribution in [0.25, 0.3) is 0 Å². The first-order valence-electron chi connectivity index (χ1n) is 7.09.